The van der Waals surface area contributed by atoms with E-state index in [1.165, 1.54) is 0 Å². The zero-order valence-electron chi connectivity index (χ0n) is 11.5. The monoisotopic (exact) mass is 259 g/mol. The van der Waals surface area contributed by atoms with Crippen LogP contribution >= 0.6 is 0 Å². The van der Waals surface area contributed by atoms with Gasteiger partial charge in [0.05, 0.1) is 12.8 Å². The predicted octanol–water partition coefficient (Wildman–Crippen LogP) is 2.54. The molecular formula is C15H21N3O. The molecule has 0 aliphatic rings. The Balaban J connectivity index is 2.06. The van der Waals surface area contributed by atoms with Gasteiger partial charge in [-0.2, -0.15) is 5.10 Å². The highest BCUT2D eigenvalue weighted by Gasteiger charge is 2.09. The fourth-order valence-corrected chi connectivity index (χ4v) is 2.06. The van der Waals surface area contributed by atoms with Crippen LogP contribution in [0.15, 0.2) is 36.7 Å². The molecule has 4 nitrogen and oxygen atoms in total. The van der Waals surface area contributed by atoms with Gasteiger partial charge in [0.25, 0.3) is 0 Å². The molecule has 0 saturated heterocycles. The SMILES string of the molecule is CCOc1cccc(C(N)Cc2cnn(CC)c2)c1. The van der Waals surface area contributed by atoms with Gasteiger partial charge in [-0.25, -0.2) is 0 Å². The molecule has 0 spiro atoms. The molecule has 0 bridgehead atoms. The number of hydrogen-bond acceptors (Lipinski definition) is 3. The highest BCUT2D eigenvalue weighted by molar-refractivity contribution is 5.31. The summed E-state index contributed by atoms with van der Waals surface area (Å²) in [5, 5.41) is 4.26. The average molecular weight is 259 g/mol. The summed E-state index contributed by atoms with van der Waals surface area (Å²) in [7, 11) is 0. The van der Waals surface area contributed by atoms with Crippen LogP contribution in [-0.2, 0) is 13.0 Å². The van der Waals surface area contributed by atoms with Crippen LogP contribution in [0, 0.1) is 0 Å². The number of nitrogens with zero attached hydrogens (tertiary/aromatic N) is 2. The topological polar surface area (TPSA) is 53.1 Å². The maximum atomic E-state index is 6.25. The minimum absolute atomic E-state index is 0.0325. The van der Waals surface area contributed by atoms with Gasteiger partial charge in [0.1, 0.15) is 5.75 Å². The van der Waals surface area contributed by atoms with Crippen molar-refractivity contribution >= 4 is 0 Å². The van der Waals surface area contributed by atoms with E-state index >= 15 is 0 Å². The lowest BCUT2D eigenvalue weighted by Gasteiger charge is -2.12. The number of benzene rings is 1. The van der Waals surface area contributed by atoms with E-state index in [-0.39, 0.29) is 6.04 Å². The van der Waals surface area contributed by atoms with E-state index in [1.807, 2.05) is 48.3 Å². The van der Waals surface area contributed by atoms with Crippen molar-refractivity contribution in [1.82, 2.24) is 9.78 Å². The minimum Gasteiger partial charge on any atom is -0.494 e. The van der Waals surface area contributed by atoms with Crippen LogP contribution in [0.1, 0.15) is 31.0 Å². The molecule has 1 heterocycles. The lowest BCUT2D eigenvalue weighted by molar-refractivity contribution is 0.339. The number of rotatable bonds is 6. The molecule has 1 aromatic carbocycles. The van der Waals surface area contributed by atoms with Crippen LogP contribution in [0.3, 0.4) is 0 Å². The Labute approximate surface area is 114 Å². The minimum atomic E-state index is -0.0325. The van der Waals surface area contributed by atoms with Crippen LogP contribution in [0.2, 0.25) is 0 Å². The molecular weight excluding hydrogens is 238 g/mol. The van der Waals surface area contributed by atoms with Gasteiger partial charge in [0.15, 0.2) is 0 Å². The number of aryl methyl sites for hydroxylation is 1. The molecule has 0 radical (unpaired) electrons. The van der Waals surface area contributed by atoms with Crippen molar-refractivity contribution in [3.05, 3.63) is 47.8 Å². The summed E-state index contributed by atoms with van der Waals surface area (Å²) in [5.41, 5.74) is 8.51. The highest BCUT2D eigenvalue weighted by Crippen LogP contribution is 2.20. The number of hydrogen-bond donors (Lipinski definition) is 1. The van der Waals surface area contributed by atoms with Crippen molar-refractivity contribution in [1.29, 1.82) is 0 Å². The van der Waals surface area contributed by atoms with Gasteiger partial charge in [0.2, 0.25) is 0 Å². The van der Waals surface area contributed by atoms with Gasteiger partial charge in [-0.05, 0) is 43.5 Å². The summed E-state index contributed by atoms with van der Waals surface area (Å²) in [5.74, 6) is 0.875. The summed E-state index contributed by atoms with van der Waals surface area (Å²) < 4.78 is 7.41. The Kier molecular flexibility index (Phi) is 4.58. The molecule has 0 amide bonds. The van der Waals surface area contributed by atoms with E-state index in [0.717, 1.165) is 29.8 Å². The predicted molar refractivity (Wildman–Crippen MR) is 76.1 cm³/mol. The summed E-state index contributed by atoms with van der Waals surface area (Å²) in [4.78, 5) is 0. The van der Waals surface area contributed by atoms with Crippen molar-refractivity contribution in [3.63, 3.8) is 0 Å². The van der Waals surface area contributed by atoms with E-state index in [2.05, 4.69) is 12.0 Å². The van der Waals surface area contributed by atoms with E-state index in [0.29, 0.717) is 6.61 Å². The van der Waals surface area contributed by atoms with E-state index in [9.17, 15) is 0 Å². The van der Waals surface area contributed by atoms with Crippen molar-refractivity contribution in [2.24, 2.45) is 5.73 Å². The number of ether oxygens (including phenoxy) is 1. The van der Waals surface area contributed by atoms with Crippen LogP contribution in [0.5, 0.6) is 5.75 Å². The van der Waals surface area contributed by atoms with Gasteiger partial charge in [-0.1, -0.05) is 12.1 Å². The molecule has 0 aliphatic heterocycles. The molecule has 1 aromatic heterocycles. The van der Waals surface area contributed by atoms with E-state index in [1.54, 1.807) is 0 Å². The van der Waals surface area contributed by atoms with Crippen LogP contribution < -0.4 is 10.5 Å². The van der Waals surface area contributed by atoms with Crippen molar-refractivity contribution in [3.8, 4) is 5.75 Å². The normalized spacial score (nSPS) is 12.4. The van der Waals surface area contributed by atoms with Crippen LogP contribution in [0.4, 0.5) is 0 Å². The highest BCUT2D eigenvalue weighted by atomic mass is 16.5. The smallest absolute Gasteiger partial charge is 0.119 e. The molecule has 19 heavy (non-hydrogen) atoms. The quantitative estimate of drug-likeness (QED) is 0.867. The molecule has 0 aliphatic carbocycles. The lowest BCUT2D eigenvalue weighted by atomic mass is 10.0. The molecule has 4 heteroatoms. The second-order valence-corrected chi connectivity index (χ2v) is 4.52. The third-order valence-corrected chi connectivity index (χ3v) is 3.06. The number of aromatic nitrogens is 2. The molecule has 2 rings (SSSR count). The Hall–Kier alpha value is -1.81. The summed E-state index contributed by atoms with van der Waals surface area (Å²) in [6, 6.07) is 7.95. The van der Waals surface area contributed by atoms with Crippen LogP contribution in [0.25, 0.3) is 0 Å². The fourth-order valence-electron chi connectivity index (χ4n) is 2.06. The lowest BCUT2D eigenvalue weighted by Crippen LogP contribution is -2.13. The molecule has 2 aromatic rings. The molecule has 1 unspecified atom stereocenters. The molecule has 102 valence electrons. The van der Waals surface area contributed by atoms with Gasteiger partial charge in [0, 0.05) is 18.8 Å². The van der Waals surface area contributed by atoms with Crippen LogP contribution in [-0.4, -0.2) is 16.4 Å². The van der Waals surface area contributed by atoms with Gasteiger partial charge in [-0.3, -0.25) is 4.68 Å². The Morgan fingerprint density at radius 3 is 2.89 bits per heavy atom. The Bertz CT molecular complexity index is 522. The first-order valence-electron chi connectivity index (χ1n) is 6.72. The van der Waals surface area contributed by atoms with E-state index in [4.69, 9.17) is 10.5 Å². The third kappa shape index (κ3) is 3.58. The second kappa shape index (κ2) is 6.38. The number of nitrogens with two attached hydrogens (primary N) is 1. The second-order valence-electron chi connectivity index (χ2n) is 4.52. The van der Waals surface area contributed by atoms with Crippen molar-refractivity contribution in [2.75, 3.05) is 6.61 Å². The Morgan fingerprint density at radius 1 is 1.37 bits per heavy atom. The van der Waals surface area contributed by atoms with Crippen molar-refractivity contribution < 1.29 is 4.74 Å². The zero-order chi connectivity index (χ0) is 13.7. The molecule has 0 fully saturated rings. The van der Waals surface area contributed by atoms with Gasteiger partial charge in [-0.15, -0.1) is 0 Å². The summed E-state index contributed by atoms with van der Waals surface area (Å²) >= 11 is 0. The summed E-state index contributed by atoms with van der Waals surface area (Å²) in [6.07, 6.45) is 4.72. The molecule has 1 atom stereocenters. The van der Waals surface area contributed by atoms with Gasteiger partial charge < -0.3 is 10.5 Å². The molecule has 0 saturated carbocycles. The fraction of sp³-hybridized carbons (Fsp3) is 0.400. The Morgan fingerprint density at radius 2 is 2.21 bits per heavy atom. The maximum absolute atomic E-state index is 6.25. The maximum Gasteiger partial charge on any atom is 0.119 e. The van der Waals surface area contributed by atoms with Gasteiger partial charge >= 0.3 is 0 Å². The zero-order valence-corrected chi connectivity index (χ0v) is 11.5. The van der Waals surface area contributed by atoms with Crippen molar-refractivity contribution in [2.45, 2.75) is 32.9 Å². The standard InChI is InChI=1S/C15H21N3O/c1-3-18-11-12(10-17-18)8-15(16)13-6-5-7-14(9-13)19-4-2/h5-7,9-11,15H,3-4,8,16H2,1-2H3. The summed E-state index contributed by atoms with van der Waals surface area (Å²) in [6.45, 7) is 5.60. The largest absolute Gasteiger partial charge is 0.494 e. The third-order valence-electron chi connectivity index (χ3n) is 3.06. The molecule has 2 N–H and O–H groups in total. The first kappa shape index (κ1) is 13.6. The first-order valence-corrected chi connectivity index (χ1v) is 6.72. The average Bonchev–Trinajstić information content (AvgIpc) is 2.87. The first-order chi connectivity index (χ1) is 9.22. The van der Waals surface area contributed by atoms with E-state index < -0.39 is 0 Å².